The van der Waals surface area contributed by atoms with Gasteiger partial charge >= 0.3 is 5.97 Å². The molecule has 8 atom stereocenters. The highest BCUT2D eigenvalue weighted by molar-refractivity contribution is 5.85. The van der Waals surface area contributed by atoms with E-state index in [1.54, 1.807) is 6.08 Å². The van der Waals surface area contributed by atoms with Crippen LogP contribution in [0, 0.1) is 40.4 Å². The monoisotopic (exact) mass is 357 g/mol. The predicted octanol–water partition coefficient (Wildman–Crippen LogP) is 4.46. The van der Waals surface area contributed by atoms with E-state index in [0.717, 1.165) is 23.7 Å². The zero-order valence-electron chi connectivity index (χ0n) is 16.5. The first-order valence-electron chi connectivity index (χ1n) is 11.1. The molecule has 5 aliphatic rings. The van der Waals surface area contributed by atoms with Crippen LogP contribution >= 0.6 is 0 Å². The molecule has 3 nitrogen and oxygen atoms in total. The summed E-state index contributed by atoms with van der Waals surface area (Å²) in [5, 5.41) is 0. The van der Waals surface area contributed by atoms with Crippen LogP contribution in [0.4, 0.5) is 0 Å². The van der Waals surface area contributed by atoms with Crippen LogP contribution in [0.2, 0.25) is 0 Å². The first-order valence-corrected chi connectivity index (χ1v) is 11.1. The summed E-state index contributed by atoms with van der Waals surface area (Å²) in [5.41, 5.74) is 8.80. The van der Waals surface area contributed by atoms with E-state index in [-0.39, 0.29) is 5.97 Å². The molecule has 2 N–H and O–H groups in total. The maximum atomic E-state index is 11.6. The van der Waals surface area contributed by atoms with Crippen molar-refractivity contribution in [3.63, 3.8) is 0 Å². The average molecular weight is 358 g/mol. The molecule has 1 heterocycles. The third-order valence-electron chi connectivity index (χ3n) is 9.96. The summed E-state index contributed by atoms with van der Waals surface area (Å²) in [6, 6.07) is 0.402. The second-order valence-electron chi connectivity index (χ2n) is 10.6. The summed E-state index contributed by atoms with van der Waals surface area (Å²) in [6.45, 7) is 5.63. The maximum Gasteiger partial charge on any atom is 0.331 e. The minimum absolute atomic E-state index is 0.123. The van der Waals surface area contributed by atoms with E-state index in [1.165, 1.54) is 63.4 Å². The summed E-state index contributed by atoms with van der Waals surface area (Å²) >= 11 is 0. The van der Waals surface area contributed by atoms with Crippen molar-refractivity contribution in [3.05, 3.63) is 11.6 Å². The lowest BCUT2D eigenvalue weighted by Crippen LogP contribution is -2.59. The van der Waals surface area contributed by atoms with Crippen LogP contribution in [0.15, 0.2) is 11.6 Å². The lowest BCUT2D eigenvalue weighted by Gasteiger charge is -2.62. The number of cyclic esters (lactones) is 1. The number of fused-ring (bicyclic) bond motifs is 5. The molecule has 0 spiro atoms. The van der Waals surface area contributed by atoms with Gasteiger partial charge in [-0.05, 0) is 97.4 Å². The Bertz CT molecular complexity index is 642. The van der Waals surface area contributed by atoms with Crippen molar-refractivity contribution < 1.29 is 9.53 Å². The van der Waals surface area contributed by atoms with Gasteiger partial charge in [0.15, 0.2) is 0 Å². The van der Waals surface area contributed by atoms with E-state index in [1.807, 2.05) is 0 Å². The smallest absolute Gasteiger partial charge is 0.331 e. The van der Waals surface area contributed by atoms with Gasteiger partial charge in [-0.25, -0.2) is 4.79 Å². The Balaban J connectivity index is 1.45. The van der Waals surface area contributed by atoms with Gasteiger partial charge in [0.2, 0.25) is 0 Å². The summed E-state index contributed by atoms with van der Waals surface area (Å²) in [6.07, 6.45) is 13.8. The molecule has 1 aliphatic heterocycles. The Hall–Kier alpha value is -0.830. The van der Waals surface area contributed by atoms with Gasteiger partial charge in [-0.3, -0.25) is 0 Å². The normalized spacial score (nSPS) is 53.3. The van der Waals surface area contributed by atoms with Crippen molar-refractivity contribution in [3.8, 4) is 0 Å². The fourth-order valence-electron chi connectivity index (χ4n) is 8.60. The molecule has 4 fully saturated rings. The van der Waals surface area contributed by atoms with Crippen LogP contribution in [0.3, 0.4) is 0 Å². The molecule has 0 aromatic heterocycles. The second kappa shape index (κ2) is 5.83. The van der Waals surface area contributed by atoms with Gasteiger partial charge in [-0.15, -0.1) is 0 Å². The van der Waals surface area contributed by atoms with E-state index >= 15 is 0 Å². The molecule has 4 aliphatic carbocycles. The molecule has 0 radical (unpaired) electrons. The summed E-state index contributed by atoms with van der Waals surface area (Å²) < 4.78 is 5.26. The quantitative estimate of drug-likeness (QED) is 0.705. The molecule has 5 rings (SSSR count). The van der Waals surface area contributed by atoms with E-state index in [4.69, 9.17) is 10.5 Å². The number of hydrogen-bond acceptors (Lipinski definition) is 3. The van der Waals surface area contributed by atoms with Crippen LogP contribution in [0.1, 0.15) is 71.6 Å². The van der Waals surface area contributed by atoms with Crippen LogP contribution in [-0.2, 0) is 9.53 Å². The Labute approximate surface area is 158 Å². The standard InChI is InChI=1S/C23H35NO2/c1-22-11-10-19-16(7-6-15-4-3-5-20(24)23(15,19)2)18(22)9-8-17(22)14-12-21(25)26-13-14/h12,15-20H,3-11,13,24H2,1-2H3/t15?,16?,17-,18?,19?,20?,22-,23+/m1/s1. The number of rotatable bonds is 1. The maximum absolute atomic E-state index is 11.6. The van der Waals surface area contributed by atoms with Gasteiger partial charge in [-0.1, -0.05) is 20.3 Å². The molecule has 4 saturated carbocycles. The van der Waals surface area contributed by atoms with Gasteiger partial charge < -0.3 is 10.5 Å². The predicted molar refractivity (Wildman–Crippen MR) is 102 cm³/mol. The molecule has 3 heteroatoms. The Morgan fingerprint density at radius 2 is 1.88 bits per heavy atom. The number of esters is 1. The molecular weight excluding hydrogens is 322 g/mol. The highest BCUT2D eigenvalue weighted by Crippen LogP contribution is 2.68. The minimum atomic E-state index is -0.123. The zero-order valence-corrected chi connectivity index (χ0v) is 16.5. The van der Waals surface area contributed by atoms with Gasteiger partial charge in [0.25, 0.3) is 0 Å². The van der Waals surface area contributed by atoms with Crippen molar-refractivity contribution in [2.45, 2.75) is 77.7 Å². The number of hydrogen-bond donors (Lipinski definition) is 1. The fraction of sp³-hybridized carbons (Fsp3) is 0.870. The molecule has 144 valence electrons. The number of nitrogens with two attached hydrogens (primary N) is 1. The lowest BCUT2D eigenvalue weighted by molar-refractivity contribution is -0.135. The number of carbonyl (C=O) groups excluding carboxylic acids is 1. The van der Waals surface area contributed by atoms with Crippen molar-refractivity contribution >= 4 is 5.97 Å². The van der Waals surface area contributed by atoms with E-state index in [9.17, 15) is 4.79 Å². The van der Waals surface area contributed by atoms with Crippen molar-refractivity contribution in [1.82, 2.24) is 0 Å². The second-order valence-corrected chi connectivity index (χ2v) is 10.6. The zero-order chi connectivity index (χ0) is 18.1. The van der Waals surface area contributed by atoms with Crippen molar-refractivity contribution in [2.75, 3.05) is 6.61 Å². The van der Waals surface area contributed by atoms with Gasteiger partial charge in [0.1, 0.15) is 6.61 Å². The first kappa shape index (κ1) is 17.3. The third-order valence-corrected chi connectivity index (χ3v) is 9.96. The van der Waals surface area contributed by atoms with Gasteiger partial charge in [0, 0.05) is 12.1 Å². The minimum Gasteiger partial charge on any atom is -0.458 e. The van der Waals surface area contributed by atoms with E-state index in [2.05, 4.69) is 13.8 Å². The number of ether oxygens (including phenoxy) is 1. The molecule has 0 saturated heterocycles. The Kier molecular flexibility index (Phi) is 3.88. The molecule has 0 amide bonds. The van der Waals surface area contributed by atoms with Gasteiger partial charge in [-0.2, -0.15) is 0 Å². The van der Waals surface area contributed by atoms with Crippen LogP contribution in [0.5, 0.6) is 0 Å². The SMILES string of the molecule is C[C@]12C(N)CCCC1CCC1C2CC[C@@]2(C)C1CC[C@@H]2C1=CC(=O)OC1. The largest absolute Gasteiger partial charge is 0.458 e. The van der Waals surface area contributed by atoms with Crippen molar-refractivity contribution in [2.24, 2.45) is 46.2 Å². The van der Waals surface area contributed by atoms with E-state index in [0.29, 0.717) is 29.4 Å². The molecule has 0 aromatic carbocycles. The van der Waals surface area contributed by atoms with Crippen LogP contribution < -0.4 is 5.73 Å². The van der Waals surface area contributed by atoms with Crippen LogP contribution in [0.25, 0.3) is 0 Å². The molecular formula is C23H35NO2. The van der Waals surface area contributed by atoms with Crippen molar-refractivity contribution in [1.29, 1.82) is 0 Å². The van der Waals surface area contributed by atoms with Gasteiger partial charge in [0.05, 0.1) is 0 Å². The third kappa shape index (κ3) is 2.19. The van der Waals surface area contributed by atoms with Crippen LogP contribution in [-0.4, -0.2) is 18.6 Å². The molecule has 26 heavy (non-hydrogen) atoms. The fourth-order valence-corrected chi connectivity index (χ4v) is 8.60. The lowest BCUT2D eigenvalue weighted by atomic mass is 9.43. The highest BCUT2D eigenvalue weighted by Gasteiger charge is 2.61. The highest BCUT2D eigenvalue weighted by atomic mass is 16.5. The van der Waals surface area contributed by atoms with E-state index < -0.39 is 0 Å². The average Bonchev–Trinajstić information content (AvgIpc) is 3.18. The molecule has 0 bridgehead atoms. The first-order chi connectivity index (χ1) is 12.4. The molecule has 5 unspecified atom stereocenters. The Morgan fingerprint density at radius 1 is 1.04 bits per heavy atom. The summed E-state index contributed by atoms with van der Waals surface area (Å²) in [4.78, 5) is 11.6. The summed E-state index contributed by atoms with van der Waals surface area (Å²) in [7, 11) is 0. The summed E-state index contributed by atoms with van der Waals surface area (Å²) in [5.74, 6) is 3.78. The number of carbonyl (C=O) groups is 1. The molecule has 0 aromatic rings. The topological polar surface area (TPSA) is 52.3 Å². The Morgan fingerprint density at radius 3 is 2.65 bits per heavy atom.